The highest BCUT2D eigenvalue weighted by Crippen LogP contribution is 2.30. The number of aromatic nitrogens is 3. The smallest absolute Gasteiger partial charge is 0.276 e. The molecule has 22 heavy (non-hydrogen) atoms. The van der Waals surface area contributed by atoms with Gasteiger partial charge in [-0.3, -0.25) is 4.79 Å². The fourth-order valence-electron chi connectivity index (χ4n) is 3.10. The first-order chi connectivity index (χ1) is 10.1. The molecule has 0 aliphatic carbocycles. The highest BCUT2D eigenvalue weighted by Gasteiger charge is 2.29. The Balaban J connectivity index is 0.00000176. The van der Waals surface area contributed by atoms with Crippen molar-refractivity contribution in [3.8, 4) is 0 Å². The van der Waals surface area contributed by atoms with Gasteiger partial charge in [-0.15, -0.1) is 17.5 Å². The fourth-order valence-corrected chi connectivity index (χ4v) is 3.10. The van der Waals surface area contributed by atoms with Gasteiger partial charge in [0.05, 0.1) is 12.2 Å². The molecule has 7 heteroatoms. The molecule has 1 aromatic heterocycles. The molecule has 2 aliphatic heterocycles. The molecular formula is C15H26ClN5O. The van der Waals surface area contributed by atoms with Gasteiger partial charge in [-0.05, 0) is 44.2 Å². The summed E-state index contributed by atoms with van der Waals surface area (Å²) >= 11 is 0. The van der Waals surface area contributed by atoms with Crippen LogP contribution < -0.4 is 5.32 Å². The number of halogens is 1. The van der Waals surface area contributed by atoms with E-state index >= 15 is 0 Å². The first-order valence-electron chi connectivity index (χ1n) is 7.97. The minimum Gasteiger partial charge on any atom is -0.337 e. The van der Waals surface area contributed by atoms with E-state index in [1.807, 2.05) is 15.8 Å². The lowest BCUT2D eigenvalue weighted by Crippen LogP contribution is -2.41. The van der Waals surface area contributed by atoms with Crippen LogP contribution in [0.3, 0.4) is 0 Å². The van der Waals surface area contributed by atoms with Crippen molar-refractivity contribution in [1.29, 1.82) is 0 Å². The maximum Gasteiger partial charge on any atom is 0.276 e. The molecular weight excluding hydrogens is 302 g/mol. The number of nitrogens with one attached hydrogen (secondary N) is 1. The number of rotatable bonds is 2. The number of carbonyl (C=O) groups excluding carboxylic acids is 1. The summed E-state index contributed by atoms with van der Waals surface area (Å²) in [5, 5.41) is 11.6. The van der Waals surface area contributed by atoms with Gasteiger partial charge in [0.25, 0.3) is 5.91 Å². The molecule has 0 spiro atoms. The quantitative estimate of drug-likeness (QED) is 0.901. The van der Waals surface area contributed by atoms with E-state index in [9.17, 15) is 4.79 Å². The molecule has 0 unspecified atom stereocenters. The summed E-state index contributed by atoms with van der Waals surface area (Å²) in [6.07, 6.45) is 6.05. The predicted octanol–water partition coefficient (Wildman–Crippen LogP) is 1.89. The number of carbonyl (C=O) groups is 1. The molecule has 2 fully saturated rings. The van der Waals surface area contributed by atoms with Crippen LogP contribution in [0.2, 0.25) is 0 Å². The molecule has 3 rings (SSSR count). The molecule has 6 nitrogen and oxygen atoms in total. The molecule has 0 saturated carbocycles. The monoisotopic (exact) mass is 327 g/mol. The van der Waals surface area contributed by atoms with Crippen molar-refractivity contribution >= 4 is 18.3 Å². The van der Waals surface area contributed by atoms with E-state index in [1.54, 1.807) is 0 Å². The average molecular weight is 328 g/mol. The van der Waals surface area contributed by atoms with Crippen molar-refractivity contribution in [1.82, 2.24) is 25.2 Å². The van der Waals surface area contributed by atoms with Crippen LogP contribution in [0.4, 0.5) is 0 Å². The Bertz CT molecular complexity index is 500. The third-order valence-corrected chi connectivity index (χ3v) is 4.82. The fraction of sp³-hybridized carbons (Fsp3) is 0.800. The van der Waals surface area contributed by atoms with Crippen molar-refractivity contribution in [2.24, 2.45) is 5.41 Å². The summed E-state index contributed by atoms with van der Waals surface area (Å²) in [6.45, 7) is 8.20. The standard InChI is InChI=1S/C15H25N5O.ClH/c1-15(2)5-9-19(10-6-15)14(21)13-11-20(18-17-13)12-3-7-16-8-4-12;/h11-12,16H,3-10H2,1-2H3;1H. The largest absolute Gasteiger partial charge is 0.337 e. The van der Waals surface area contributed by atoms with Crippen LogP contribution in [0, 0.1) is 5.41 Å². The lowest BCUT2D eigenvalue weighted by atomic mass is 9.82. The van der Waals surface area contributed by atoms with E-state index in [4.69, 9.17) is 0 Å². The van der Waals surface area contributed by atoms with Crippen LogP contribution in [-0.2, 0) is 0 Å². The normalized spacial score (nSPS) is 22.2. The third-order valence-electron chi connectivity index (χ3n) is 4.82. The van der Waals surface area contributed by atoms with Gasteiger partial charge in [-0.1, -0.05) is 19.1 Å². The first-order valence-corrected chi connectivity index (χ1v) is 7.97. The molecule has 0 radical (unpaired) electrons. The summed E-state index contributed by atoms with van der Waals surface area (Å²) in [6, 6.07) is 0.376. The second-order valence-corrected chi connectivity index (χ2v) is 7.02. The van der Waals surface area contributed by atoms with E-state index in [1.165, 1.54) is 0 Å². The second-order valence-electron chi connectivity index (χ2n) is 7.02. The van der Waals surface area contributed by atoms with Gasteiger partial charge >= 0.3 is 0 Å². The Morgan fingerprint density at radius 2 is 1.91 bits per heavy atom. The van der Waals surface area contributed by atoms with Crippen LogP contribution in [-0.4, -0.2) is 52.0 Å². The molecule has 3 heterocycles. The first kappa shape index (κ1) is 17.2. The van der Waals surface area contributed by atoms with Crippen LogP contribution >= 0.6 is 12.4 Å². The topological polar surface area (TPSA) is 63.1 Å². The summed E-state index contributed by atoms with van der Waals surface area (Å²) in [7, 11) is 0. The Morgan fingerprint density at radius 1 is 1.27 bits per heavy atom. The Hall–Kier alpha value is -1.14. The van der Waals surface area contributed by atoms with Gasteiger partial charge < -0.3 is 10.2 Å². The molecule has 0 aromatic carbocycles. The zero-order chi connectivity index (χ0) is 14.9. The molecule has 0 atom stereocenters. The van der Waals surface area contributed by atoms with Crippen LogP contribution in [0.15, 0.2) is 6.20 Å². The zero-order valence-corrected chi connectivity index (χ0v) is 14.2. The number of amides is 1. The lowest BCUT2D eigenvalue weighted by molar-refractivity contribution is 0.0624. The number of nitrogens with zero attached hydrogens (tertiary/aromatic N) is 4. The van der Waals surface area contributed by atoms with Gasteiger partial charge in [0.1, 0.15) is 0 Å². The highest BCUT2D eigenvalue weighted by atomic mass is 35.5. The number of hydrogen-bond acceptors (Lipinski definition) is 4. The molecule has 1 amide bonds. The second kappa shape index (κ2) is 6.96. The lowest BCUT2D eigenvalue weighted by Gasteiger charge is -2.36. The number of likely N-dealkylation sites (tertiary alicyclic amines) is 1. The van der Waals surface area contributed by atoms with Gasteiger partial charge in [-0.25, -0.2) is 4.68 Å². The van der Waals surface area contributed by atoms with E-state index in [0.717, 1.165) is 51.9 Å². The Kier molecular flexibility index (Phi) is 5.45. The Morgan fingerprint density at radius 3 is 2.55 bits per heavy atom. The van der Waals surface area contributed by atoms with Crippen LogP contribution in [0.5, 0.6) is 0 Å². The molecule has 124 valence electrons. The molecule has 1 aromatic rings. The summed E-state index contributed by atoms with van der Waals surface area (Å²) < 4.78 is 1.88. The van der Waals surface area contributed by atoms with Crippen LogP contribution in [0.25, 0.3) is 0 Å². The Labute approximate surface area is 138 Å². The maximum absolute atomic E-state index is 12.5. The summed E-state index contributed by atoms with van der Waals surface area (Å²) in [5.74, 6) is 0.0330. The van der Waals surface area contributed by atoms with Gasteiger partial charge in [0.2, 0.25) is 0 Å². The van der Waals surface area contributed by atoms with Gasteiger partial charge in [0.15, 0.2) is 5.69 Å². The van der Waals surface area contributed by atoms with Crippen molar-refractivity contribution in [2.45, 2.75) is 45.6 Å². The van der Waals surface area contributed by atoms with Gasteiger partial charge in [0, 0.05) is 13.1 Å². The zero-order valence-electron chi connectivity index (χ0n) is 13.4. The summed E-state index contributed by atoms with van der Waals surface area (Å²) in [5.41, 5.74) is 0.844. The minimum absolute atomic E-state index is 0. The average Bonchev–Trinajstić information content (AvgIpc) is 2.97. The van der Waals surface area contributed by atoms with E-state index in [2.05, 4.69) is 29.5 Å². The maximum atomic E-state index is 12.5. The van der Waals surface area contributed by atoms with E-state index < -0.39 is 0 Å². The summed E-state index contributed by atoms with van der Waals surface area (Å²) in [4.78, 5) is 14.4. The third kappa shape index (κ3) is 3.79. The van der Waals surface area contributed by atoms with Crippen molar-refractivity contribution < 1.29 is 4.79 Å². The minimum atomic E-state index is 0. The SMILES string of the molecule is CC1(C)CCN(C(=O)c2cn(C3CCNCC3)nn2)CC1.Cl. The van der Waals surface area contributed by atoms with E-state index in [0.29, 0.717) is 17.2 Å². The van der Waals surface area contributed by atoms with Crippen molar-refractivity contribution in [3.63, 3.8) is 0 Å². The highest BCUT2D eigenvalue weighted by molar-refractivity contribution is 5.92. The predicted molar refractivity (Wildman–Crippen MR) is 87.3 cm³/mol. The van der Waals surface area contributed by atoms with Crippen molar-refractivity contribution in [3.05, 3.63) is 11.9 Å². The van der Waals surface area contributed by atoms with Gasteiger partial charge in [-0.2, -0.15) is 0 Å². The molecule has 0 bridgehead atoms. The molecule has 1 N–H and O–H groups in total. The molecule has 2 aliphatic rings. The van der Waals surface area contributed by atoms with E-state index in [-0.39, 0.29) is 18.3 Å². The molecule has 2 saturated heterocycles. The number of piperidine rings is 2. The van der Waals surface area contributed by atoms with Crippen molar-refractivity contribution in [2.75, 3.05) is 26.2 Å². The van der Waals surface area contributed by atoms with Crippen LogP contribution in [0.1, 0.15) is 56.1 Å². The number of hydrogen-bond donors (Lipinski definition) is 1.